The lowest BCUT2D eigenvalue weighted by Gasteiger charge is -2.16. The molecule has 4 nitrogen and oxygen atoms in total. The summed E-state index contributed by atoms with van der Waals surface area (Å²) in [4.78, 5) is 4.60. The lowest BCUT2D eigenvalue weighted by molar-refractivity contribution is 0.280. The number of nitrogens with one attached hydrogen (secondary N) is 1. The average Bonchev–Trinajstić information content (AvgIpc) is 2.35. The van der Waals surface area contributed by atoms with Crippen LogP contribution in [0.5, 0.6) is 0 Å². The molecular formula is C14H29N3O. The van der Waals surface area contributed by atoms with E-state index in [1.165, 1.54) is 32.1 Å². The second kappa shape index (κ2) is 9.20. The van der Waals surface area contributed by atoms with Crippen molar-refractivity contribution in [1.82, 2.24) is 5.32 Å². The van der Waals surface area contributed by atoms with Crippen molar-refractivity contribution < 1.29 is 5.11 Å². The van der Waals surface area contributed by atoms with Gasteiger partial charge < -0.3 is 16.2 Å². The van der Waals surface area contributed by atoms with Crippen molar-refractivity contribution in [2.45, 2.75) is 76.8 Å². The summed E-state index contributed by atoms with van der Waals surface area (Å²) in [6.45, 7) is 2.45. The highest BCUT2D eigenvalue weighted by molar-refractivity contribution is 5.78. The fourth-order valence-corrected chi connectivity index (χ4v) is 2.51. The van der Waals surface area contributed by atoms with Crippen molar-refractivity contribution >= 4 is 5.96 Å². The lowest BCUT2D eigenvalue weighted by atomic mass is 10.0. The van der Waals surface area contributed by atoms with Gasteiger partial charge in [-0.2, -0.15) is 0 Å². The van der Waals surface area contributed by atoms with Gasteiger partial charge in [-0.15, -0.1) is 0 Å². The van der Waals surface area contributed by atoms with Gasteiger partial charge in [-0.25, -0.2) is 0 Å². The highest BCUT2D eigenvalue weighted by atomic mass is 16.2. The Kier molecular flexibility index (Phi) is 7.81. The summed E-state index contributed by atoms with van der Waals surface area (Å²) in [7, 11) is 0. The SMILES string of the molecule is C[C@@H]1CCCCCC[C@H](CCCCO)N=C(N)N1. The van der Waals surface area contributed by atoms with E-state index >= 15 is 0 Å². The van der Waals surface area contributed by atoms with Gasteiger partial charge in [0.1, 0.15) is 0 Å². The van der Waals surface area contributed by atoms with Crippen LogP contribution in [0.3, 0.4) is 0 Å². The first-order chi connectivity index (χ1) is 8.72. The monoisotopic (exact) mass is 255 g/mol. The Bertz CT molecular complexity index is 243. The van der Waals surface area contributed by atoms with Crippen LogP contribution in [-0.2, 0) is 0 Å². The zero-order valence-electron chi connectivity index (χ0n) is 11.7. The number of hydrogen-bond donors (Lipinski definition) is 3. The molecule has 0 aromatic rings. The van der Waals surface area contributed by atoms with Gasteiger partial charge in [0.25, 0.3) is 0 Å². The van der Waals surface area contributed by atoms with Crippen LogP contribution in [-0.4, -0.2) is 29.8 Å². The third kappa shape index (κ3) is 6.84. The zero-order chi connectivity index (χ0) is 13.2. The molecule has 1 rings (SSSR count). The van der Waals surface area contributed by atoms with E-state index in [0.717, 1.165) is 25.7 Å². The number of aliphatic imine (C=N–C) groups is 1. The van der Waals surface area contributed by atoms with Gasteiger partial charge in [0.05, 0.1) is 6.04 Å². The van der Waals surface area contributed by atoms with Gasteiger partial charge in [-0.1, -0.05) is 25.7 Å². The van der Waals surface area contributed by atoms with Crippen LogP contribution in [0.25, 0.3) is 0 Å². The van der Waals surface area contributed by atoms with Gasteiger partial charge in [0.2, 0.25) is 0 Å². The van der Waals surface area contributed by atoms with Crippen LogP contribution < -0.4 is 11.1 Å². The minimum absolute atomic E-state index is 0.279. The molecule has 106 valence electrons. The molecule has 1 aliphatic rings. The van der Waals surface area contributed by atoms with Gasteiger partial charge >= 0.3 is 0 Å². The summed E-state index contributed by atoms with van der Waals surface area (Å²) in [6, 6.07) is 0.749. The van der Waals surface area contributed by atoms with Gasteiger partial charge in [0, 0.05) is 12.6 Å². The molecule has 0 unspecified atom stereocenters. The molecule has 0 saturated heterocycles. The molecule has 0 aliphatic carbocycles. The van der Waals surface area contributed by atoms with Gasteiger partial charge in [-0.05, 0) is 39.0 Å². The molecule has 1 heterocycles. The third-order valence-corrected chi connectivity index (χ3v) is 3.59. The Morgan fingerprint density at radius 2 is 1.94 bits per heavy atom. The summed E-state index contributed by atoms with van der Waals surface area (Å²) in [5.74, 6) is 0.596. The maximum absolute atomic E-state index is 8.83. The van der Waals surface area contributed by atoms with Crippen molar-refractivity contribution in [2.75, 3.05) is 6.61 Å². The van der Waals surface area contributed by atoms with E-state index in [1.54, 1.807) is 0 Å². The molecule has 0 saturated carbocycles. The second-order valence-corrected chi connectivity index (χ2v) is 5.42. The number of nitrogens with zero attached hydrogens (tertiary/aromatic N) is 1. The molecule has 4 heteroatoms. The highest BCUT2D eigenvalue weighted by Gasteiger charge is 2.10. The second-order valence-electron chi connectivity index (χ2n) is 5.42. The Balaban J connectivity index is 2.49. The van der Waals surface area contributed by atoms with Crippen LogP contribution >= 0.6 is 0 Å². The van der Waals surface area contributed by atoms with Crippen LogP contribution in [0.15, 0.2) is 4.99 Å². The first-order valence-electron chi connectivity index (χ1n) is 7.43. The van der Waals surface area contributed by atoms with Crippen molar-refractivity contribution in [3.63, 3.8) is 0 Å². The molecule has 18 heavy (non-hydrogen) atoms. The highest BCUT2D eigenvalue weighted by Crippen LogP contribution is 2.16. The largest absolute Gasteiger partial charge is 0.396 e. The van der Waals surface area contributed by atoms with Crippen LogP contribution in [0.2, 0.25) is 0 Å². The van der Waals surface area contributed by atoms with E-state index in [1.807, 2.05) is 0 Å². The number of aliphatic hydroxyl groups is 1. The average molecular weight is 255 g/mol. The molecular weight excluding hydrogens is 226 g/mol. The number of unbranched alkanes of at least 4 members (excludes halogenated alkanes) is 1. The Labute approximate surface area is 111 Å². The van der Waals surface area contributed by atoms with Crippen molar-refractivity contribution in [2.24, 2.45) is 10.7 Å². The number of hydrogen-bond acceptors (Lipinski definition) is 4. The van der Waals surface area contributed by atoms with Crippen molar-refractivity contribution in [3.8, 4) is 0 Å². The summed E-state index contributed by atoms with van der Waals surface area (Å²) >= 11 is 0. The smallest absolute Gasteiger partial charge is 0.189 e. The van der Waals surface area contributed by atoms with Crippen molar-refractivity contribution in [3.05, 3.63) is 0 Å². The van der Waals surface area contributed by atoms with E-state index in [9.17, 15) is 0 Å². The van der Waals surface area contributed by atoms with E-state index in [2.05, 4.69) is 17.2 Å². The maximum atomic E-state index is 8.83. The molecule has 0 spiro atoms. The third-order valence-electron chi connectivity index (χ3n) is 3.59. The van der Waals surface area contributed by atoms with Crippen molar-refractivity contribution in [1.29, 1.82) is 0 Å². The molecule has 0 aromatic carbocycles. The minimum Gasteiger partial charge on any atom is -0.396 e. The Morgan fingerprint density at radius 1 is 1.22 bits per heavy atom. The summed E-state index contributed by atoms with van der Waals surface area (Å²) < 4.78 is 0. The summed E-state index contributed by atoms with van der Waals surface area (Å²) in [5, 5.41) is 12.1. The number of guanidine groups is 1. The van der Waals surface area contributed by atoms with Crippen LogP contribution in [0.4, 0.5) is 0 Å². The maximum Gasteiger partial charge on any atom is 0.189 e. The predicted molar refractivity (Wildman–Crippen MR) is 76.6 cm³/mol. The number of nitrogens with two attached hydrogens (primary N) is 1. The quantitative estimate of drug-likeness (QED) is 0.674. The fourth-order valence-electron chi connectivity index (χ4n) is 2.51. The minimum atomic E-state index is 0.279. The zero-order valence-corrected chi connectivity index (χ0v) is 11.7. The van der Waals surface area contributed by atoms with E-state index in [-0.39, 0.29) is 6.61 Å². The molecule has 0 aromatic heterocycles. The molecule has 0 fully saturated rings. The topological polar surface area (TPSA) is 70.6 Å². The summed E-state index contributed by atoms with van der Waals surface area (Å²) in [6.07, 6.45) is 10.4. The van der Waals surface area contributed by atoms with Gasteiger partial charge in [-0.3, -0.25) is 4.99 Å². The predicted octanol–water partition coefficient (Wildman–Crippen LogP) is 2.16. The van der Waals surface area contributed by atoms with Crippen LogP contribution in [0.1, 0.15) is 64.7 Å². The molecule has 0 amide bonds. The van der Waals surface area contributed by atoms with E-state index in [0.29, 0.717) is 18.0 Å². The lowest BCUT2D eigenvalue weighted by Crippen LogP contribution is -2.39. The Morgan fingerprint density at radius 3 is 2.67 bits per heavy atom. The number of rotatable bonds is 4. The van der Waals surface area contributed by atoms with E-state index in [4.69, 9.17) is 10.8 Å². The van der Waals surface area contributed by atoms with Crippen LogP contribution in [0, 0.1) is 0 Å². The molecule has 0 bridgehead atoms. The normalized spacial score (nSPS) is 26.9. The fraction of sp³-hybridized carbons (Fsp3) is 0.929. The molecule has 0 radical (unpaired) electrons. The van der Waals surface area contributed by atoms with E-state index < -0.39 is 0 Å². The summed E-state index contributed by atoms with van der Waals surface area (Å²) in [5.41, 5.74) is 5.95. The molecule has 2 atom stereocenters. The molecule has 1 aliphatic heterocycles. The standard InChI is InChI=1S/C14H29N3O/c1-12-8-4-2-3-5-9-13(10-6-7-11-18)17-14(15)16-12/h12-13,18H,2-11H2,1H3,(H3,15,16,17)/t12-,13-/m1/s1. The first-order valence-corrected chi connectivity index (χ1v) is 7.43. The molecule has 4 N–H and O–H groups in total. The number of aliphatic hydroxyl groups excluding tert-OH is 1. The van der Waals surface area contributed by atoms with Gasteiger partial charge in [0.15, 0.2) is 5.96 Å². The Hall–Kier alpha value is -0.770. The first kappa shape index (κ1) is 15.3.